The summed E-state index contributed by atoms with van der Waals surface area (Å²) in [5.74, 6) is 0. The van der Waals surface area contributed by atoms with Gasteiger partial charge in [-0.2, -0.15) is 17.4 Å². The molecule has 6 nitrogen and oxygen atoms in total. The van der Waals surface area contributed by atoms with Crippen LogP contribution < -0.4 is 4.72 Å². The zero-order chi connectivity index (χ0) is 12.9. The molecule has 1 aliphatic heterocycles. The summed E-state index contributed by atoms with van der Waals surface area (Å²) < 4.78 is 38.4. The Hall–Kier alpha value is -0.210. The minimum atomic E-state index is -3.41. The third-order valence-electron chi connectivity index (χ3n) is 2.46. The second-order valence-corrected chi connectivity index (χ2v) is 5.93. The van der Waals surface area contributed by atoms with Crippen molar-refractivity contribution in [1.82, 2.24) is 9.03 Å². The molecule has 1 rings (SSSR count). The number of nitrogens with zero attached hydrogens (tertiary/aromatic N) is 1. The third kappa shape index (κ3) is 4.89. The average molecular weight is 266 g/mol. The van der Waals surface area contributed by atoms with Gasteiger partial charge in [0.1, 0.15) is 0 Å². The minimum absolute atomic E-state index is 0.0674. The van der Waals surface area contributed by atoms with Gasteiger partial charge in [0.05, 0.1) is 18.8 Å². The summed E-state index contributed by atoms with van der Waals surface area (Å²) in [7, 11) is -3.41. The van der Waals surface area contributed by atoms with Gasteiger partial charge in [-0.3, -0.25) is 0 Å². The first-order chi connectivity index (χ1) is 7.95. The highest BCUT2D eigenvalue weighted by atomic mass is 32.2. The maximum atomic E-state index is 11.9. The van der Waals surface area contributed by atoms with Gasteiger partial charge in [0.25, 0.3) is 10.2 Å². The van der Waals surface area contributed by atoms with E-state index in [1.165, 1.54) is 4.31 Å². The summed E-state index contributed by atoms with van der Waals surface area (Å²) in [4.78, 5) is 0. The molecule has 0 amide bonds. The Labute approximate surface area is 103 Å². The molecule has 102 valence electrons. The van der Waals surface area contributed by atoms with Crippen molar-refractivity contribution in [3.63, 3.8) is 0 Å². The number of morpholine rings is 1. The summed E-state index contributed by atoms with van der Waals surface area (Å²) in [5.41, 5.74) is 0. The minimum Gasteiger partial charge on any atom is -0.380 e. The summed E-state index contributed by atoms with van der Waals surface area (Å²) in [6.07, 6.45) is -0.135. The lowest BCUT2D eigenvalue weighted by Gasteiger charge is -2.34. The van der Waals surface area contributed by atoms with E-state index in [0.717, 1.165) is 0 Å². The highest BCUT2D eigenvalue weighted by Gasteiger charge is 2.30. The highest BCUT2D eigenvalue weighted by Crippen LogP contribution is 2.13. The molecule has 2 unspecified atom stereocenters. The fourth-order valence-electron chi connectivity index (χ4n) is 1.81. The lowest BCUT2D eigenvalue weighted by Crippen LogP contribution is -2.52. The Morgan fingerprint density at radius 3 is 2.47 bits per heavy atom. The monoisotopic (exact) mass is 266 g/mol. The van der Waals surface area contributed by atoms with Crippen molar-refractivity contribution in [2.45, 2.75) is 33.0 Å². The molecular weight excluding hydrogens is 244 g/mol. The molecule has 0 spiro atoms. The van der Waals surface area contributed by atoms with Crippen LogP contribution in [-0.4, -0.2) is 57.8 Å². The van der Waals surface area contributed by atoms with Crippen molar-refractivity contribution in [1.29, 1.82) is 0 Å². The summed E-state index contributed by atoms with van der Waals surface area (Å²) in [6.45, 7) is 7.70. The van der Waals surface area contributed by atoms with Crippen LogP contribution in [0.15, 0.2) is 0 Å². The fraction of sp³-hybridized carbons (Fsp3) is 1.00. The maximum absolute atomic E-state index is 11.9. The van der Waals surface area contributed by atoms with Crippen LogP contribution in [0.5, 0.6) is 0 Å². The van der Waals surface area contributed by atoms with Gasteiger partial charge in [0, 0.05) is 26.2 Å². The van der Waals surface area contributed by atoms with E-state index in [-0.39, 0.29) is 12.2 Å². The molecular formula is C10H22N2O4S. The molecule has 1 heterocycles. The first kappa shape index (κ1) is 14.8. The Balaban J connectivity index is 2.45. The van der Waals surface area contributed by atoms with Crippen molar-refractivity contribution >= 4 is 10.2 Å². The molecule has 7 heteroatoms. The van der Waals surface area contributed by atoms with Gasteiger partial charge in [-0.1, -0.05) is 0 Å². The van der Waals surface area contributed by atoms with Gasteiger partial charge in [-0.25, -0.2) is 0 Å². The summed E-state index contributed by atoms with van der Waals surface area (Å²) in [5, 5.41) is 0. The van der Waals surface area contributed by atoms with Crippen molar-refractivity contribution in [3.05, 3.63) is 0 Å². The topological polar surface area (TPSA) is 67.9 Å². The molecule has 0 aromatic heterocycles. The van der Waals surface area contributed by atoms with Gasteiger partial charge in [0.2, 0.25) is 0 Å². The molecule has 1 saturated heterocycles. The van der Waals surface area contributed by atoms with Crippen LogP contribution in [0.25, 0.3) is 0 Å². The van der Waals surface area contributed by atoms with Gasteiger partial charge in [-0.15, -0.1) is 0 Å². The van der Waals surface area contributed by atoms with E-state index in [2.05, 4.69) is 4.72 Å². The lowest BCUT2D eigenvalue weighted by molar-refractivity contribution is -0.0444. The second kappa shape index (κ2) is 6.65. The molecule has 0 aromatic carbocycles. The molecule has 2 atom stereocenters. The Morgan fingerprint density at radius 2 is 1.94 bits per heavy atom. The molecule has 1 fully saturated rings. The Kier molecular flexibility index (Phi) is 5.81. The lowest BCUT2D eigenvalue weighted by atomic mass is 10.3. The standard InChI is InChI=1S/C10H22N2O4S/c1-4-15-6-5-11-17(13,14)12-7-9(2)16-10(3)8-12/h9-11H,4-8H2,1-3H3. The van der Waals surface area contributed by atoms with Crippen LogP contribution in [0.3, 0.4) is 0 Å². The van der Waals surface area contributed by atoms with Crippen LogP contribution in [0.4, 0.5) is 0 Å². The zero-order valence-electron chi connectivity index (χ0n) is 10.7. The number of rotatable bonds is 6. The predicted molar refractivity (Wildman–Crippen MR) is 65.0 cm³/mol. The van der Waals surface area contributed by atoms with Crippen LogP contribution in [0.2, 0.25) is 0 Å². The predicted octanol–water partition coefficient (Wildman–Crippen LogP) is -0.0335. The zero-order valence-corrected chi connectivity index (χ0v) is 11.5. The van der Waals surface area contributed by atoms with E-state index < -0.39 is 10.2 Å². The molecule has 1 N–H and O–H groups in total. The fourth-order valence-corrected chi connectivity index (χ4v) is 3.14. The third-order valence-corrected chi connectivity index (χ3v) is 4.01. The van der Waals surface area contributed by atoms with Crippen LogP contribution >= 0.6 is 0 Å². The van der Waals surface area contributed by atoms with E-state index in [4.69, 9.17) is 9.47 Å². The highest BCUT2D eigenvalue weighted by molar-refractivity contribution is 7.87. The van der Waals surface area contributed by atoms with E-state index >= 15 is 0 Å². The number of hydrogen-bond acceptors (Lipinski definition) is 4. The van der Waals surface area contributed by atoms with Crippen molar-refractivity contribution in [2.24, 2.45) is 0 Å². The normalized spacial score (nSPS) is 27.2. The van der Waals surface area contributed by atoms with Gasteiger partial charge in [-0.05, 0) is 20.8 Å². The SMILES string of the molecule is CCOCCNS(=O)(=O)N1CC(C)OC(C)C1. The quantitative estimate of drug-likeness (QED) is 0.685. The van der Waals surface area contributed by atoms with Crippen molar-refractivity contribution in [2.75, 3.05) is 32.8 Å². The largest absolute Gasteiger partial charge is 0.380 e. The van der Waals surface area contributed by atoms with Crippen molar-refractivity contribution in [3.8, 4) is 0 Å². The summed E-state index contributed by atoms with van der Waals surface area (Å²) >= 11 is 0. The molecule has 0 aliphatic carbocycles. The first-order valence-electron chi connectivity index (χ1n) is 5.93. The van der Waals surface area contributed by atoms with E-state index in [9.17, 15) is 8.42 Å². The second-order valence-electron chi connectivity index (χ2n) is 4.17. The molecule has 0 aromatic rings. The maximum Gasteiger partial charge on any atom is 0.279 e. The van der Waals surface area contributed by atoms with Gasteiger partial charge >= 0.3 is 0 Å². The molecule has 17 heavy (non-hydrogen) atoms. The first-order valence-corrected chi connectivity index (χ1v) is 7.37. The molecule has 0 radical (unpaired) electrons. The Morgan fingerprint density at radius 1 is 1.35 bits per heavy atom. The number of hydrogen-bond donors (Lipinski definition) is 1. The average Bonchev–Trinajstić information content (AvgIpc) is 2.23. The number of nitrogens with one attached hydrogen (secondary N) is 1. The Bertz CT molecular complexity index is 310. The number of ether oxygens (including phenoxy) is 2. The van der Waals surface area contributed by atoms with E-state index in [1.54, 1.807) is 0 Å². The van der Waals surface area contributed by atoms with Gasteiger partial charge < -0.3 is 9.47 Å². The van der Waals surface area contributed by atoms with Gasteiger partial charge in [0.15, 0.2) is 0 Å². The van der Waals surface area contributed by atoms with Crippen molar-refractivity contribution < 1.29 is 17.9 Å². The van der Waals surface area contributed by atoms with Crippen LogP contribution in [0.1, 0.15) is 20.8 Å². The molecule has 0 saturated carbocycles. The smallest absolute Gasteiger partial charge is 0.279 e. The van der Waals surface area contributed by atoms with E-state index in [0.29, 0.717) is 32.8 Å². The van der Waals surface area contributed by atoms with E-state index in [1.807, 2.05) is 20.8 Å². The summed E-state index contributed by atoms with van der Waals surface area (Å²) in [6, 6.07) is 0. The molecule has 1 aliphatic rings. The molecule has 0 bridgehead atoms. The van der Waals surface area contributed by atoms with Crippen LogP contribution in [-0.2, 0) is 19.7 Å². The van der Waals surface area contributed by atoms with Crippen LogP contribution in [0, 0.1) is 0 Å².